The van der Waals surface area contributed by atoms with Gasteiger partial charge in [0.1, 0.15) is 5.75 Å². The first-order valence-electron chi connectivity index (χ1n) is 7.96. The fourth-order valence-electron chi connectivity index (χ4n) is 2.81. The highest BCUT2D eigenvalue weighted by Gasteiger charge is 2.34. The Bertz CT molecular complexity index is 882. The Hall–Kier alpha value is -1.86. The summed E-state index contributed by atoms with van der Waals surface area (Å²) in [6.45, 7) is 0.412. The summed E-state index contributed by atoms with van der Waals surface area (Å²) in [5.41, 5.74) is 0.667. The van der Waals surface area contributed by atoms with Crippen molar-refractivity contribution in [2.45, 2.75) is 23.8 Å². The average molecular weight is 424 g/mol. The number of hydrogen-bond acceptors (Lipinski definition) is 4. The molecule has 1 N–H and O–H groups in total. The van der Waals surface area contributed by atoms with Crippen LogP contribution in [0.15, 0.2) is 57.9 Å². The number of benzene rings is 2. The average Bonchev–Trinajstić information content (AvgIpc) is 2.84. The van der Waals surface area contributed by atoms with Gasteiger partial charge in [-0.2, -0.15) is 0 Å². The summed E-state index contributed by atoms with van der Waals surface area (Å²) in [4.78, 5) is 12.4. The SMILES string of the molecule is O=C(CCCOc1ccccc1Br)N[C@H]1CS(=O)(=O)c2ccccc21. The minimum absolute atomic E-state index is 0.0778. The fourth-order valence-corrected chi connectivity index (χ4v) is 4.95. The molecule has 1 aliphatic heterocycles. The maximum Gasteiger partial charge on any atom is 0.220 e. The van der Waals surface area contributed by atoms with Crippen LogP contribution >= 0.6 is 15.9 Å². The number of rotatable bonds is 6. The van der Waals surface area contributed by atoms with E-state index in [1.807, 2.05) is 24.3 Å². The van der Waals surface area contributed by atoms with Crippen LogP contribution in [0.2, 0.25) is 0 Å². The van der Waals surface area contributed by atoms with Crippen LogP contribution < -0.4 is 10.1 Å². The Balaban J connectivity index is 1.50. The highest BCUT2D eigenvalue weighted by atomic mass is 79.9. The van der Waals surface area contributed by atoms with E-state index in [1.165, 1.54) is 0 Å². The van der Waals surface area contributed by atoms with Crippen molar-refractivity contribution in [3.05, 3.63) is 58.6 Å². The third-order valence-corrected chi connectivity index (χ3v) is 6.46. The summed E-state index contributed by atoms with van der Waals surface area (Å²) >= 11 is 3.40. The molecule has 3 rings (SSSR count). The third kappa shape index (κ3) is 4.22. The molecule has 132 valence electrons. The van der Waals surface area contributed by atoms with Crippen LogP contribution in [-0.2, 0) is 14.6 Å². The van der Waals surface area contributed by atoms with Crippen molar-refractivity contribution in [1.82, 2.24) is 5.32 Å². The molecule has 2 aromatic rings. The Labute approximate surface area is 155 Å². The second-order valence-electron chi connectivity index (χ2n) is 5.82. The van der Waals surface area contributed by atoms with E-state index in [2.05, 4.69) is 21.2 Å². The van der Waals surface area contributed by atoms with Crippen LogP contribution in [0.25, 0.3) is 0 Å². The summed E-state index contributed by atoms with van der Waals surface area (Å²) in [6.07, 6.45) is 0.831. The number of carbonyl (C=O) groups is 1. The van der Waals surface area contributed by atoms with Gasteiger partial charge < -0.3 is 10.1 Å². The monoisotopic (exact) mass is 423 g/mol. The molecule has 0 aliphatic carbocycles. The summed E-state index contributed by atoms with van der Waals surface area (Å²) in [7, 11) is -3.31. The highest BCUT2D eigenvalue weighted by molar-refractivity contribution is 9.10. The first kappa shape index (κ1) is 17.9. The molecule has 1 amide bonds. The lowest BCUT2D eigenvalue weighted by Crippen LogP contribution is -2.29. The number of amides is 1. The van der Waals surface area contributed by atoms with Gasteiger partial charge in [-0.3, -0.25) is 4.79 Å². The lowest BCUT2D eigenvalue weighted by molar-refractivity contribution is -0.121. The van der Waals surface area contributed by atoms with E-state index in [4.69, 9.17) is 4.74 Å². The molecule has 0 fully saturated rings. The van der Waals surface area contributed by atoms with Crippen LogP contribution in [0.4, 0.5) is 0 Å². The number of halogens is 1. The summed E-state index contributed by atoms with van der Waals surface area (Å²) < 4.78 is 30.7. The number of fused-ring (bicyclic) bond motifs is 1. The van der Waals surface area contributed by atoms with Crippen molar-refractivity contribution in [2.24, 2.45) is 0 Å². The van der Waals surface area contributed by atoms with Crippen LogP contribution in [0.3, 0.4) is 0 Å². The summed E-state index contributed by atoms with van der Waals surface area (Å²) in [5.74, 6) is 0.484. The fraction of sp³-hybridized carbons (Fsp3) is 0.278. The van der Waals surface area contributed by atoms with Gasteiger partial charge in [0, 0.05) is 6.42 Å². The number of ether oxygens (including phenoxy) is 1. The lowest BCUT2D eigenvalue weighted by atomic mass is 10.1. The Morgan fingerprint density at radius 1 is 1.16 bits per heavy atom. The second kappa shape index (κ2) is 7.58. The van der Waals surface area contributed by atoms with Crippen molar-refractivity contribution in [3.63, 3.8) is 0 Å². The van der Waals surface area contributed by atoms with Gasteiger partial charge in [0.15, 0.2) is 9.84 Å². The maximum absolute atomic E-state index is 12.1. The van der Waals surface area contributed by atoms with Crippen molar-refractivity contribution in [3.8, 4) is 5.75 Å². The molecule has 2 aromatic carbocycles. The predicted octanol–water partition coefficient (Wildman–Crippen LogP) is 3.25. The van der Waals surface area contributed by atoms with Gasteiger partial charge in [-0.15, -0.1) is 0 Å². The Morgan fingerprint density at radius 3 is 2.68 bits per heavy atom. The molecular weight excluding hydrogens is 406 g/mol. The van der Waals surface area contributed by atoms with Crippen LogP contribution in [-0.4, -0.2) is 26.7 Å². The number of nitrogens with one attached hydrogen (secondary N) is 1. The molecule has 1 aliphatic rings. The van der Waals surface area contributed by atoms with Gasteiger partial charge >= 0.3 is 0 Å². The largest absolute Gasteiger partial charge is 0.492 e. The van der Waals surface area contributed by atoms with Crippen molar-refractivity contribution in [2.75, 3.05) is 12.4 Å². The molecule has 0 spiro atoms. The van der Waals surface area contributed by atoms with Crippen molar-refractivity contribution in [1.29, 1.82) is 0 Å². The molecule has 0 saturated heterocycles. The second-order valence-corrected chi connectivity index (χ2v) is 8.68. The van der Waals surface area contributed by atoms with Gasteiger partial charge in [-0.05, 0) is 46.1 Å². The standard InChI is InChI=1S/C18H18BrNO4S/c19-14-7-2-3-8-16(14)24-11-5-10-18(21)20-15-12-25(22,23)17-9-4-1-6-13(15)17/h1-4,6-9,15H,5,10-12H2,(H,20,21)/t15-/m0/s1. The van der Waals surface area contributed by atoms with Crippen molar-refractivity contribution < 1.29 is 17.9 Å². The molecule has 1 atom stereocenters. The highest BCUT2D eigenvalue weighted by Crippen LogP contribution is 2.33. The molecule has 0 saturated carbocycles. The van der Waals surface area contributed by atoms with E-state index < -0.39 is 15.9 Å². The molecule has 0 radical (unpaired) electrons. The summed E-state index contributed by atoms with van der Waals surface area (Å²) in [6, 6.07) is 13.9. The third-order valence-electron chi connectivity index (χ3n) is 3.99. The van der Waals surface area contributed by atoms with Crippen LogP contribution in [0.1, 0.15) is 24.4 Å². The van der Waals surface area contributed by atoms with E-state index in [0.717, 1.165) is 10.2 Å². The van der Waals surface area contributed by atoms with Gasteiger partial charge in [-0.1, -0.05) is 30.3 Å². The molecule has 25 heavy (non-hydrogen) atoms. The quantitative estimate of drug-likeness (QED) is 0.723. The first-order valence-corrected chi connectivity index (χ1v) is 10.4. The van der Waals surface area contributed by atoms with Gasteiger partial charge in [0.05, 0.1) is 27.8 Å². The molecule has 7 heteroatoms. The Kier molecular flexibility index (Phi) is 5.44. The molecule has 0 unspecified atom stereocenters. The number of para-hydroxylation sites is 1. The molecule has 5 nitrogen and oxygen atoms in total. The molecule has 1 heterocycles. The zero-order chi connectivity index (χ0) is 17.9. The summed E-state index contributed by atoms with van der Waals surface area (Å²) in [5, 5.41) is 2.82. The van der Waals surface area contributed by atoms with E-state index in [-0.39, 0.29) is 18.1 Å². The van der Waals surface area contributed by atoms with Crippen molar-refractivity contribution >= 4 is 31.7 Å². The van der Waals surface area contributed by atoms with E-state index in [9.17, 15) is 13.2 Å². The van der Waals surface area contributed by atoms with Crippen LogP contribution in [0, 0.1) is 0 Å². The van der Waals surface area contributed by atoms with E-state index in [0.29, 0.717) is 23.5 Å². The lowest BCUT2D eigenvalue weighted by Gasteiger charge is -2.13. The number of carbonyl (C=O) groups excluding carboxylic acids is 1. The van der Waals surface area contributed by atoms with Gasteiger partial charge in [0.25, 0.3) is 0 Å². The first-order chi connectivity index (χ1) is 12.0. The normalized spacial score (nSPS) is 17.7. The zero-order valence-electron chi connectivity index (χ0n) is 13.4. The Morgan fingerprint density at radius 2 is 1.88 bits per heavy atom. The van der Waals surface area contributed by atoms with E-state index >= 15 is 0 Å². The molecular formula is C18H18BrNO4S. The van der Waals surface area contributed by atoms with E-state index in [1.54, 1.807) is 24.3 Å². The van der Waals surface area contributed by atoms with Gasteiger partial charge in [0.2, 0.25) is 5.91 Å². The van der Waals surface area contributed by atoms with Crippen LogP contribution in [0.5, 0.6) is 5.75 Å². The molecule has 0 bridgehead atoms. The van der Waals surface area contributed by atoms with Gasteiger partial charge in [-0.25, -0.2) is 8.42 Å². The number of hydrogen-bond donors (Lipinski definition) is 1. The minimum atomic E-state index is -3.31. The predicted molar refractivity (Wildman–Crippen MR) is 98.2 cm³/mol. The minimum Gasteiger partial charge on any atom is -0.492 e. The topological polar surface area (TPSA) is 72.5 Å². The number of sulfone groups is 1. The maximum atomic E-state index is 12.1. The molecule has 0 aromatic heterocycles. The zero-order valence-corrected chi connectivity index (χ0v) is 15.8. The smallest absolute Gasteiger partial charge is 0.220 e.